The molecule has 1 saturated heterocycles. The fourth-order valence-electron chi connectivity index (χ4n) is 2.66. The molecular formula is C15H20BrNO. The van der Waals surface area contributed by atoms with E-state index < -0.39 is 0 Å². The van der Waals surface area contributed by atoms with Crippen LogP contribution in [-0.2, 0) is 0 Å². The maximum Gasteiger partial charge on any atom is 0.167 e. The minimum Gasteiger partial charge on any atom is -0.311 e. The summed E-state index contributed by atoms with van der Waals surface area (Å²) >= 11 is 3.42. The number of rotatable bonds is 3. The molecule has 1 fully saturated rings. The summed E-state index contributed by atoms with van der Waals surface area (Å²) in [6, 6.07) is 8.52. The zero-order valence-corrected chi connectivity index (χ0v) is 12.5. The van der Waals surface area contributed by atoms with E-state index in [0.717, 1.165) is 16.5 Å². The van der Waals surface area contributed by atoms with Crippen molar-refractivity contribution < 1.29 is 4.79 Å². The average Bonchev–Trinajstić information content (AvgIpc) is 2.37. The van der Waals surface area contributed by atoms with Crippen LogP contribution in [-0.4, -0.2) is 17.9 Å². The van der Waals surface area contributed by atoms with Crippen molar-refractivity contribution in [2.24, 2.45) is 5.92 Å². The molecule has 0 radical (unpaired) electrons. The Morgan fingerprint density at radius 2 is 2.22 bits per heavy atom. The van der Waals surface area contributed by atoms with Gasteiger partial charge in [-0.05, 0) is 31.9 Å². The third kappa shape index (κ3) is 3.21. The lowest BCUT2D eigenvalue weighted by atomic mass is 9.86. The van der Waals surface area contributed by atoms with Crippen LogP contribution in [0.2, 0.25) is 0 Å². The highest BCUT2D eigenvalue weighted by atomic mass is 79.9. The van der Waals surface area contributed by atoms with Gasteiger partial charge in [0.15, 0.2) is 5.78 Å². The first-order valence-corrected chi connectivity index (χ1v) is 7.43. The van der Waals surface area contributed by atoms with E-state index in [4.69, 9.17) is 0 Å². The van der Waals surface area contributed by atoms with E-state index in [1.807, 2.05) is 31.2 Å². The van der Waals surface area contributed by atoms with Crippen molar-refractivity contribution in [3.8, 4) is 0 Å². The quantitative estimate of drug-likeness (QED) is 0.861. The molecule has 2 nitrogen and oxygen atoms in total. The van der Waals surface area contributed by atoms with Gasteiger partial charge in [-0.15, -0.1) is 0 Å². The number of benzene rings is 1. The van der Waals surface area contributed by atoms with Crippen molar-refractivity contribution in [2.75, 3.05) is 0 Å². The van der Waals surface area contributed by atoms with Gasteiger partial charge in [0.2, 0.25) is 0 Å². The van der Waals surface area contributed by atoms with Crippen molar-refractivity contribution >= 4 is 21.7 Å². The SMILES string of the molecule is CC1CCCC(C(C)C(=O)c2cccc(Br)c2)N1. The molecule has 0 aliphatic carbocycles. The summed E-state index contributed by atoms with van der Waals surface area (Å²) < 4.78 is 0.963. The molecule has 3 heteroatoms. The van der Waals surface area contributed by atoms with E-state index in [-0.39, 0.29) is 11.7 Å². The Morgan fingerprint density at radius 3 is 2.89 bits per heavy atom. The second kappa shape index (κ2) is 5.98. The Morgan fingerprint density at radius 1 is 1.44 bits per heavy atom. The summed E-state index contributed by atoms with van der Waals surface area (Å²) in [6.07, 6.45) is 3.54. The fraction of sp³-hybridized carbons (Fsp3) is 0.533. The lowest BCUT2D eigenvalue weighted by molar-refractivity contribution is 0.0884. The number of hydrogen-bond donors (Lipinski definition) is 1. The predicted octanol–water partition coefficient (Wildman–Crippen LogP) is 3.80. The van der Waals surface area contributed by atoms with E-state index in [9.17, 15) is 4.79 Å². The molecule has 98 valence electrons. The monoisotopic (exact) mass is 309 g/mol. The standard InChI is InChI=1S/C15H20BrNO/c1-10-5-3-8-14(17-10)11(2)15(18)12-6-4-7-13(16)9-12/h4,6-7,9-11,14,17H,3,5,8H2,1-2H3. The zero-order chi connectivity index (χ0) is 13.1. The maximum absolute atomic E-state index is 12.4. The van der Waals surface area contributed by atoms with Gasteiger partial charge in [0.1, 0.15) is 0 Å². The molecule has 0 saturated carbocycles. The van der Waals surface area contributed by atoms with E-state index in [0.29, 0.717) is 12.1 Å². The topological polar surface area (TPSA) is 29.1 Å². The Kier molecular flexibility index (Phi) is 4.57. The largest absolute Gasteiger partial charge is 0.311 e. The van der Waals surface area contributed by atoms with Crippen LogP contribution in [0.4, 0.5) is 0 Å². The van der Waals surface area contributed by atoms with Crippen molar-refractivity contribution in [3.05, 3.63) is 34.3 Å². The zero-order valence-electron chi connectivity index (χ0n) is 10.9. The Bertz CT molecular complexity index is 432. The normalized spacial score (nSPS) is 25.7. The molecule has 1 aliphatic rings. The molecule has 3 unspecified atom stereocenters. The van der Waals surface area contributed by atoms with E-state index in [1.54, 1.807) is 0 Å². The molecule has 1 N–H and O–H groups in total. The lowest BCUT2D eigenvalue weighted by Crippen LogP contribution is -2.46. The molecule has 2 rings (SSSR count). The summed E-state index contributed by atoms with van der Waals surface area (Å²) in [5, 5.41) is 3.55. The summed E-state index contributed by atoms with van der Waals surface area (Å²) in [7, 11) is 0. The molecule has 0 spiro atoms. The van der Waals surface area contributed by atoms with Crippen LogP contribution in [0.3, 0.4) is 0 Å². The third-order valence-electron chi connectivity index (χ3n) is 3.78. The number of ketones is 1. The molecule has 1 heterocycles. The molecule has 1 aromatic rings. The molecule has 0 bridgehead atoms. The predicted molar refractivity (Wildman–Crippen MR) is 77.9 cm³/mol. The van der Waals surface area contributed by atoms with Gasteiger partial charge in [-0.3, -0.25) is 4.79 Å². The highest BCUT2D eigenvalue weighted by molar-refractivity contribution is 9.10. The molecule has 0 amide bonds. The highest BCUT2D eigenvalue weighted by Gasteiger charge is 2.28. The minimum atomic E-state index is 0.0436. The summed E-state index contributed by atoms with van der Waals surface area (Å²) in [5.41, 5.74) is 0.803. The number of carbonyl (C=O) groups is 1. The molecule has 3 atom stereocenters. The Balaban J connectivity index is 2.08. The molecule has 0 aromatic heterocycles. The summed E-state index contributed by atoms with van der Waals surface area (Å²) in [6.45, 7) is 4.24. The second-order valence-corrected chi connectivity index (χ2v) is 6.18. The smallest absolute Gasteiger partial charge is 0.167 e. The van der Waals surface area contributed by atoms with Gasteiger partial charge in [-0.25, -0.2) is 0 Å². The van der Waals surface area contributed by atoms with Gasteiger partial charge in [-0.1, -0.05) is 41.4 Å². The van der Waals surface area contributed by atoms with Crippen LogP contribution in [0.1, 0.15) is 43.5 Å². The third-order valence-corrected chi connectivity index (χ3v) is 4.27. The van der Waals surface area contributed by atoms with Crippen molar-refractivity contribution in [1.29, 1.82) is 0 Å². The molecular weight excluding hydrogens is 290 g/mol. The Labute approximate surface area is 117 Å². The maximum atomic E-state index is 12.4. The summed E-state index contributed by atoms with van der Waals surface area (Å²) in [5.74, 6) is 0.282. The second-order valence-electron chi connectivity index (χ2n) is 5.27. The molecule has 1 aromatic carbocycles. The average molecular weight is 310 g/mol. The first kappa shape index (κ1) is 13.8. The molecule has 1 aliphatic heterocycles. The number of carbonyl (C=O) groups excluding carboxylic acids is 1. The van der Waals surface area contributed by atoms with Crippen LogP contribution in [0.5, 0.6) is 0 Å². The number of Topliss-reactive ketones (excluding diaryl/α,β-unsaturated/α-hetero) is 1. The van der Waals surface area contributed by atoms with Gasteiger partial charge in [0.05, 0.1) is 0 Å². The van der Waals surface area contributed by atoms with Crippen LogP contribution >= 0.6 is 15.9 Å². The minimum absolute atomic E-state index is 0.0436. The first-order valence-electron chi connectivity index (χ1n) is 6.64. The van der Waals surface area contributed by atoms with Crippen LogP contribution in [0, 0.1) is 5.92 Å². The fourth-order valence-corrected chi connectivity index (χ4v) is 3.06. The van der Waals surface area contributed by atoms with Gasteiger partial charge in [-0.2, -0.15) is 0 Å². The van der Waals surface area contributed by atoms with Crippen LogP contribution < -0.4 is 5.32 Å². The number of nitrogens with one attached hydrogen (secondary N) is 1. The first-order chi connectivity index (χ1) is 8.58. The van der Waals surface area contributed by atoms with Crippen molar-refractivity contribution in [2.45, 2.75) is 45.2 Å². The van der Waals surface area contributed by atoms with E-state index in [1.165, 1.54) is 12.8 Å². The molecule has 18 heavy (non-hydrogen) atoms. The van der Waals surface area contributed by atoms with Crippen molar-refractivity contribution in [3.63, 3.8) is 0 Å². The van der Waals surface area contributed by atoms with Gasteiger partial charge in [0, 0.05) is 28.0 Å². The number of halogens is 1. The van der Waals surface area contributed by atoms with Crippen LogP contribution in [0.15, 0.2) is 28.7 Å². The number of hydrogen-bond acceptors (Lipinski definition) is 2. The van der Waals surface area contributed by atoms with Crippen LogP contribution in [0.25, 0.3) is 0 Å². The number of piperidine rings is 1. The van der Waals surface area contributed by atoms with E-state index >= 15 is 0 Å². The summed E-state index contributed by atoms with van der Waals surface area (Å²) in [4.78, 5) is 12.4. The van der Waals surface area contributed by atoms with Gasteiger partial charge in [0.25, 0.3) is 0 Å². The highest BCUT2D eigenvalue weighted by Crippen LogP contribution is 2.22. The van der Waals surface area contributed by atoms with E-state index in [2.05, 4.69) is 28.2 Å². The Hall–Kier alpha value is -0.670. The van der Waals surface area contributed by atoms with Crippen molar-refractivity contribution in [1.82, 2.24) is 5.32 Å². The van der Waals surface area contributed by atoms with Gasteiger partial charge >= 0.3 is 0 Å². The van der Waals surface area contributed by atoms with Gasteiger partial charge < -0.3 is 5.32 Å². The lowest BCUT2D eigenvalue weighted by Gasteiger charge is -2.32.